The Balaban J connectivity index is 1.97. The third kappa shape index (κ3) is 3.21. The van der Waals surface area contributed by atoms with Gasteiger partial charge in [0.25, 0.3) is 0 Å². The summed E-state index contributed by atoms with van der Waals surface area (Å²) in [4.78, 5) is 19.7. The van der Waals surface area contributed by atoms with E-state index < -0.39 is 5.97 Å². The first-order valence-electron chi connectivity index (χ1n) is 5.18. The van der Waals surface area contributed by atoms with Gasteiger partial charge in [0.2, 0.25) is 0 Å². The fourth-order valence-electron chi connectivity index (χ4n) is 1.27. The maximum absolute atomic E-state index is 10.7. The molecule has 2 aromatic rings. The van der Waals surface area contributed by atoms with Crippen LogP contribution >= 0.6 is 11.8 Å². The molecule has 6 heteroatoms. The van der Waals surface area contributed by atoms with Crippen molar-refractivity contribution in [2.45, 2.75) is 10.6 Å². The Hall–Kier alpha value is -2.08. The van der Waals surface area contributed by atoms with E-state index in [0.29, 0.717) is 11.6 Å². The van der Waals surface area contributed by atoms with E-state index in [1.807, 2.05) is 6.07 Å². The highest BCUT2D eigenvalue weighted by molar-refractivity contribution is 7.98. The van der Waals surface area contributed by atoms with E-state index in [9.17, 15) is 4.79 Å². The van der Waals surface area contributed by atoms with E-state index in [1.54, 1.807) is 36.2 Å². The predicted octanol–water partition coefficient (Wildman–Crippen LogP) is 2.05. The lowest BCUT2D eigenvalue weighted by molar-refractivity contribution is 0.0696. The lowest BCUT2D eigenvalue weighted by Gasteiger charge is -2.02. The number of nitrogens with zero attached hydrogens (tertiary/aromatic N) is 2. The van der Waals surface area contributed by atoms with Crippen LogP contribution in [0.1, 0.15) is 16.1 Å². The standard InChI is InChI=1S/C12H11N3O2S/c13-11-4-3-10(6-15-11)18-7-9-2-1-8(5-14-9)12(16)17/h1-6H,7H2,(H2,13,15)(H,16,17). The lowest BCUT2D eigenvalue weighted by Crippen LogP contribution is -1.98. The van der Waals surface area contributed by atoms with Crippen molar-refractivity contribution in [3.63, 3.8) is 0 Å². The highest BCUT2D eigenvalue weighted by atomic mass is 32.2. The van der Waals surface area contributed by atoms with Gasteiger partial charge in [-0.2, -0.15) is 0 Å². The average Bonchev–Trinajstić information content (AvgIpc) is 2.38. The Bertz CT molecular complexity index is 540. The van der Waals surface area contributed by atoms with Gasteiger partial charge >= 0.3 is 5.97 Å². The van der Waals surface area contributed by atoms with Gasteiger partial charge in [-0.25, -0.2) is 9.78 Å². The molecule has 2 heterocycles. The number of carboxylic acid groups (broad SMARTS) is 1. The van der Waals surface area contributed by atoms with Crippen molar-refractivity contribution in [1.29, 1.82) is 0 Å². The van der Waals surface area contributed by atoms with Crippen molar-refractivity contribution in [3.8, 4) is 0 Å². The summed E-state index contributed by atoms with van der Waals surface area (Å²) < 4.78 is 0. The van der Waals surface area contributed by atoms with Gasteiger partial charge in [0, 0.05) is 23.0 Å². The zero-order valence-corrected chi connectivity index (χ0v) is 10.2. The van der Waals surface area contributed by atoms with Crippen LogP contribution in [0, 0.1) is 0 Å². The number of rotatable bonds is 4. The quantitative estimate of drug-likeness (QED) is 0.819. The molecule has 0 atom stereocenters. The first-order chi connectivity index (χ1) is 8.65. The summed E-state index contributed by atoms with van der Waals surface area (Å²) >= 11 is 1.57. The number of nitrogen functional groups attached to an aromatic ring is 1. The van der Waals surface area contributed by atoms with Gasteiger partial charge in [-0.1, -0.05) is 0 Å². The molecule has 0 aliphatic heterocycles. The Morgan fingerprint density at radius 1 is 1.22 bits per heavy atom. The Morgan fingerprint density at radius 3 is 2.61 bits per heavy atom. The van der Waals surface area contributed by atoms with Gasteiger partial charge < -0.3 is 10.8 Å². The number of hydrogen-bond donors (Lipinski definition) is 2. The van der Waals surface area contributed by atoms with Crippen molar-refractivity contribution in [2.24, 2.45) is 0 Å². The van der Waals surface area contributed by atoms with Crippen LogP contribution in [0.2, 0.25) is 0 Å². The second kappa shape index (κ2) is 5.50. The third-order valence-electron chi connectivity index (χ3n) is 2.22. The number of carboxylic acids is 1. The topological polar surface area (TPSA) is 89.1 Å². The molecular weight excluding hydrogens is 250 g/mol. The summed E-state index contributed by atoms with van der Waals surface area (Å²) in [5, 5.41) is 8.74. The van der Waals surface area contributed by atoms with Crippen LogP contribution in [0.3, 0.4) is 0 Å². The van der Waals surface area contributed by atoms with Crippen LogP contribution in [0.5, 0.6) is 0 Å². The minimum atomic E-state index is -0.968. The normalized spacial score (nSPS) is 10.2. The SMILES string of the molecule is Nc1ccc(SCc2ccc(C(=O)O)cn2)cn1. The van der Waals surface area contributed by atoms with Crippen molar-refractivity contribution in [3.05, 3.63) is 47.9 Å². The molecule has 0 fully saturated rings. The molecule has 0 saturated heterocycles. The molecule has 0 saturated carbocycles. The van der Waals surface area contributed by atoms with Gasteiger partial charge in [-0.15, -0.1) is 11.8 Å². The number of pyridine rings is 2. The minimum Gasteiger partial charge on any atom is -0.478 e. The minimum absolute atomic E-state index is 0.193. The van der Waals surface area contributed by atoms with Gasteiger partial charge in [0.05, 0.1) is 11.3 Å². The van der Waals surface area contributed by atoms with E-state index in [4.69, 9.17) is 10.8 Å². The molecule has 0 aliphatic carbocycles. The summed E-state index contributed by atoms with van der Waals surface area (Å²) in [6.45, 7) is 0. The average molecular weight is 261 g/mol. The smallest absolute Gasteiger partial charge is 0.337 e. The highest BCUT2D eigenvalue weighted by Crippen LogP contribution is 2.21. The van der Waals surface area contributed by atoms with E-state index in [2.05, 4.69) is 9.97 Å². The third-order valence-corrected chi connectivity index (χ3v) is 3.23. The summed E-state index contributed by atoms with van der Waals surface area (Å²) in [6.07, 6.45) is 3.06. The summed E-state index contributed by atoms with van der Waals surface area (Å²) in [7, 11) is 0. The molecule has 0 radical (unpaired) electrons. The molecule has 5 nitrogen and oxygen atoms in total. The number of nitrogens with two attached hydrogens (primary N) is 1. The fraction of sp³-hybridized carbons (Fsp3) is 0.0833. The van der Waals surface area contributed by atoms with E-state index in [0.717, 1.165) is 10.6 Å². The fourth-order valence-corrected chi connectivity index (χ4v) is 2.05. The van der Waals surface area contributed by atoms with Gasteiger partial charge in [0.1, 0.15) is 5.82 Å². The first-order valence-corrected chi connectivity index (χ1v) is 6.16. The van der Waals surface area contributed by atoms with Crippen molar-refractivity contribution in [1.82, 2.24) is 9.97 Å². The van der Waals surface area contributed by atoms with Crippen molar-refractivity contribution >= 4 is 23.5 Å². The molecule has 2 rings (SSSR count). The molecule has 0 unspecified atom stereocenters. The van der Waals surface area contributed by atoms with Crippen LogP contribution < -0.4 is 5.73 Å². The number of aromatic nitrogens is 2. The lowest BCUT2D eigenvalue weighted by atomic mass is 10.2. The monoisotopic (exact) mass is 261 g/mol. The Morgan fingerprint density at radius 2 is 2.06 bits per heavy atom. The number of thioether (sulfide) groups is 1. The molecule has 0 amide bonds. The Kier molecular flexibility index (Phi) is 3.78. The highest BCUT2D eigenvalue weighted by Gasteiger charge is 2.03. The molecule has 0 aromatic carbocycles. The molecule has 0 bridgehead atoms. The zero-order valence-electron chi connectivity index (χ0n) is 9.41. The maximum Gasteiger partial charge on any atom is 0.337 e. The van der Waals surface area contributed by atoms with Gasteiger partial charge in [-0.3, -0.25) is 4.98 Å². The Labute approximate surface area is 108 Å². The van der Waals surface area contributed by atoms with Crippen molar-refractivity contribution < 1.29 is 9.90 Å². The number of hydrogen-bond acceptors (Lipinski definition) is 5. The zero-order chi connectivity index (χ0) is 13.0. The van der Waals surface area contributed by atoms with Crippen LogP contribution in [-0.2, 0) is 5.75 Å². The van der Waals surface area contributed by atoms with Crippen LogP contribution in [0.15, 0.2) is 41.6 Å². The summed E-state index contributed by atoms with van der Waals surface area (Å²) in [5.74, 6) is 0.179. The van der Waals surface area contributed by atoms with E-state index in [-0.39, 0.29) is 5.56 Å². The molecule has 3 N–H and O–H groups in total. The van der Waals surface area contributed by atoms with Gasteiger partial charge in [-0.05, 0) is 24.3 Å². The number of carbonyl (C=O) groups is 1. The summed E-state index contributed by atoms with van der Waals surface area (Å²) in [5.41, 5.74) is 6.50. The van der Waals surface area contributed by atoms with Crippen LogP contribution in [0.4, 0.5) is 5.82 Å². The van der Waals surface area contributed by atoms with Crippen LogP contribution in [0.25, 0.3) is 0 Å². The second-order valence-corrected chi connectivity index (χ2v) is 4.60. The molecular formula is C12H11N3O2S. The second-order valence-electron chi connectivity index (χ2n) is 3.55. The molecule has 0 aliphatic rings. The van der Waals surface area contributed by atoms with E-state index in [1.165, 1.54) is 6.20 Å². The van der Waals surface area contributed by atoms with Gasteiger partial charge in [0.15, 0.2) is 0 Å². The van der Waals surface area contributed by atoms with Crippen molar-refractivity contribution in [2.75, 3.05) is 5.73 Å². The number of anilines is 1. The number of aromatic carboxylic acids is 1. The first kappa shape index (κ1) is 12.4. The molecule has 0 spiro atoms. The molecule has 18 heavy (non-hydrogen) atoms. The molecule has 2 aromatic heterocycles. The predicted molar refractivity (Wildman–Crippen MR) is 69.4 cm³/mol. The summed E-state index contributed by atoms with van der Waals surface area (Å²) in [6, 6.07) is 6.88. The largest absolute Gasteiger partial charge is 0.478 e. The molecule has 92 valence electrons. The van der Waals surface area contributed by atoms with E-state index >= 15 is 0 Å². The maximum atomic E-state index is 10.7. The van der Waals surface area contributed by atoms with Crippen LogP contribution in [-0.4, -0.2) is 21.0 Å².